The van der Waals surface area contributed by atoms with Crippen LogP contribution in [0.4, 0.5) is 13.2 Å². The van der Waals surface area contributed by atoms with Crippen LogP contribution in [0.15, 0.2) is 54.6 Å². The van der Waals surface area contributed by atoms with Crippen molar-refractivity contribution in [2.24, 2.45) is 0 Å². The van der Waals surface area contributed by atoms with E-state index in [-0.39, 0.29) is 5.56 Å². The highest BCUT2D eigenvalue weighted by atomic mass is 31.1. The smallest absolute Gasteiger partial charge is 0.416 e. The van der Waals surface area contributed by atoms with E-state index in [1.165, 1.54) is 13.0 Å². The van der Waals surface area contributed by atoms with Crippen LogP contribution in [0, 0.1) is 20.8 Å². The number of carbonyl (C=O) groups excluding carboxylic acids is 1. The van der Waals surface area contributed by atoms with Gasteiger partial charge in [0.2, 0.25) is 0 Å². The number of nitrogens with one attached hydrogen (secondary N) is 1. The maximum Gasteiger partial charge on any atom is 0.416 e. The number of rotatable bonds is 6. The lowest BCUT2D eigenvalue weighted by atomic mass is 10.1. The van der Waals surface area contributed by atoms with E-state index in [0.29, 0.717) is 17.1 Å². The first-order valence-electron chi connectivity index (χ1n) is 10.1. The van der Waals surface area contributed by atoms with Crippen molar-refractivity contribution >= 4 is 24.6 Å². The van der Waals surface area contributed by atoms with Crippen molar-refractivity contribution < 1.29 is 27.4 Å². The van der Waals surface area contributed by atoms with Gasteiger partial charge in [0.15, 0.2) is 0 Å². The Morgan fingerprint density at radius 3 is 1.82 bits per heavy atom. The minimum atomic E-state index is -4.55. The van der Waals surface area contributed by atoms with Gasteiger partial charge in [-0.15, -0.1) is 0 Å². The standard InChI is InChI=1S/C25H25F3NO3P/c1-15-12-18(14-19(13-15)25(26,27)28)24(30)29-33(22-16(2)8-6-10-20(22)31-4)23-17(3)9-7-11-21(23)32-5/h6-14H,1-5H3,(H,29,30). The fraction of sp³-hybridized carbons (Fsp3) is 0.240. The van der Waals surface area contributed by atoms with Crippen LogP contribution in [0.2, 0.25) is 0 Å². The molecule has 33 heavy (non-hydrogen) atoms. The number of carbonyl (C=O) groups is 1. The average Bonchev–Trinajstić information content (AvgIpc) is 2.76. The van der Waals surface area contributed by atoms with Crippen LogP contribution in [-0.4, -0.2) is 20.1 Å². The highest BCUT2D eigenvalue weighted by Crippen LogP contribution is 2.40. The number of ether oxygens (including phenoxy) is 2. The van der Waals surface area contributed by atoms with Gasteiger partial charge in [-0.25, -0.2) is 0 Å². The quantitative estimate of drug-likeness (QED) is 0.484. The molecule has 3 aromatic rings. The van der Waals surface area contributed by atoms with Gasteiger partial charge in [-0.05, 0) is 67.8 Å². The number of hydrogen-bond donors (Lipinski definition) is 1. The molecule has 0 aromatic heterocycles. The largest absolute Gasteiger partial charge is 0.496 e. The Balaban J connectivity index is 2.18. The molecule has 3 rings (SSSR count). The molecule has 1 N–H and O–H groups in total. The second kappa shape index (κ2) is 9.84. The summed E-state index contributed by atoms with van der Waals surface area (Å²) in [5.74, 6) is 0.546. The molecule has 4 nitrogen and oxygen atoms in total. The van der Waals surface area contributed by atoms with E-state index in [4.69, 9.17) is 9.47 Å². The van der Waals surface area contributed by atoms with Gasteiger partial charge in [-0.2, -0.15) is 13.2 Å². The first-order chi connectivity index (χ1) is 15.6. The molecule has 0 heterocycles. The normalized spacial score (nSPS) is 11.4. The first kappa shape index (κ1) is 24.6. The number of halogens is 3. The van der Waals surface area contributed by atoms with Crippen LogP contribution < -0.4 is 25.2 Å². The fourth-order valence-electron chi connectivity index (χ4n) is 3.63. The SMILES string of the molecule is COc1cccc(C)c1P(NC(=O)c1cc(C)cc(C(F)(F)F)c1)c1c(C)cccc1OC. The summed E-state index contributed by atoms with van der Waals surface area (Å²) in [5, 5.41) is 4.53. The third-order valence-corrected chi connectivity index (χ3v) is 7.64. The average molecular weight is 475 g/mol. The summed E-state index contributed by atoms with van der Waals surface area (Å²) < 4.78 is 51.2. The number of hydrogen-bond acceptors (Lipinski definition) is 3. The van der Waals surface area contributed by atoms with Gasteiger partial charge in [-0.1, -0.05) is 24.3 Å². The number of benzene rings is 3. The molecule has 0 spiro atoms. The van der Waals surface area contributed by atoms with Gasteiger partial charge in [0.1, 0.15) is 11.5 Å². The zero-order chi connectivity index (χ0) is 24.3. The zero-order valence-corrected chi connectivity index (χ0v) is 19.9. The Bertz CT molecular complexity index is 1120. The van der Waals surface area contributed by atoms with E-state index in [0.717, 1.165) is 33.9 Å². The van der Waals surface area contributed by atoms with Crippen molar-refractivity contribution in [2.75, 3.05) is 14.2 Å². The number of amides is 1. The lowest BCUT2D eigenvalue weighted by molar-refractivity contribution is -0.137. The molecule has 8 heteroatoms. The molecule has 0 bridgehead atoms. The van der Waals surface area contributed by atoms with Gasteiger partial charge in [0, 0.05) is 16.2 Å². The molecule has 0 fully saturated rings. The third kappa shape index (κ3) is 5.31. The van der Waals surface area contributed by atoms with E-state index < -0.39 is 25.7 Å². The minimum Gasteiger partial charge on any atom is -0.496 e. The molecule has 174 valence electrons. The van der Waals surface area contributed by atoms with Crippen LogP contribution in [0.5, 0.6) is 11.5 Å². The summed E-state index contributed by atoms with van der Waals surface area (Å²) in [6, 6.07) is 14.4. The predicted octanol–water partition coefficient (Wildman–Crippen LogP) is 5.43. The second-order valence-corrected chi connectivity index (χ2v) is 9.40. The predicted molar refractivity (Wildman–Crippen MR) is 125 cm³/mol. The third-order valence-electron chi connectivity index (χ3n) is 5.17. The maximum atomic E-state index is 13.3. The van der Waals surface area contributed by atoms with Crippen LogP contribution >= 0.6 is 8.07 Å². The van der Waals surface area contributed by atoms with Gasteiger partial charge in [0.25, 0.3) is 5.91 Å². The summed E-state index contributed by atoms with van der Waals surface area (Å²) in [6.07, 6.45) is -4.55. The van der Waals surface area contributed by atoms with Crippen LogP contribution in [0.3, 0.4) is 0 Å². The fourth-order valence-corrected chi connectivity index (χ4v) is 6.04. The summed E-state index contributed by atoms with van der Waals surface area (Å²) in [6.45, 7) is 5.33. The molecule has 3 aromatic carbocycles. The summed E-state index contributed by atoms with van der Waals surface area (Å²) in [4.78, 5) is 13.3. The van der Waals surface area contributed by atoms with E-state index >= 15 is 0 Å². The van der Waals surface area contributed by atoms with Gasteiger partial charge >= 0.3 is 6.18 Å². The summed E-state index contributed by atoms with van der Waals surface area (Å²) in [7, 11) is 1.49. The summed E-state index contributed by atoms with van der Waals surface area (Å²) >= 11 is 0. The molecule has 0 aliphatic carbocycles. The zero-order valence-electron chi connectivity index (χ0n) is 19.0. The van der Waals surface area contributed by atoms with Gasteiger partial charge in [-0.3, -0.25) is 4.79 Å². The lowest BCUT2D eigenvalue weighted by Gasteiger charge is -2.26. The molecule has 0 unspecified atom stereocenters. The first-order valence-corrected chi connectivity index (χ1v) is 11.5. The molecular formula is C25H25F3NO3P. The Morgan fingerprint density at radius 2 is 1.36 bits per heavy atom. The van der Waals surface area contributed by atoms with Gasteiger partial charge in [0.05, 0.1) is 27.9 Å². The van der Waals surface area contributed by atoms with E-state index in [2.05, 4.69) is 5.09 Å². The monoisotopic (exact) mass is 475 g/mol. The Labute approximate surface area is 192 Å². The minimum absolute atomic E-state index is 0.0603. The Kier molecular flexibility index (Phi) is 7.33. The maximum absolute atomic E-state index is 13.3. The van der Waals surface area contributed by atoms with Crippen molar-refractivity contribution in [3.8, 4) is 11.5 Å². The molecule has 0 aliphatic rings. The molecule has 0 atom stereocenters. The van der Waals surface area contributed by atoms with Crippen LogP contribution in [0.25, 0.3) is 0 Å². The second-order valence-electron chi connectivity index (χ2n) is 7.61. The highest BCUT2D eigenvalue weighted by Gasteiger charge is 2.32. The Hall–Kier alpha value is -3.05. The van der Waals surface area contributed by atoms with Crippen molar-refractivity contribution in [2.45, 2.75) is 26.9 Å². The molecule has 0 aliphatic heterocycles. The van der Waals surface area contributed by atoms with Crippen molar-refractivity contribution in [3.63, 3.8) is 0 Å². The molecule has 1 amide bonds. The van der Waals surface area contributed by atoms with Crippen molar-refractivity contribution in [1.82, 2.24) is 5.09 Å². The van der Waals surface area contributed by atoms with Crippen LogP contribution in [0.1, 0.15) is 32.6 Å². The Morgan fingerprint density at radius 1 is 0.848 bits per heavy atom. The lowest BCUT2D eigenvalue weighted by Crippen LogP contribution is -2.32. The molecular weight excluding hydrogens is 450 g/mol. The van der Waals surface area contributed by atoms with E-state index in [9.17, 15) is 18.0 Å². The summed E-state index contributed by atoms with van der Waals surface area (Å²) in [5.41, 5.74) is 1.19. The molecule has 0 saturated heterocycles. The molecule has 0 radical (unpaired) electrons. The topological polar surface area (TPSA) is 47.6 Å². The number of alkyl halides is 3. The number of aryl methyl sites for hydroxylation is 3. The van der Waals surface area contributed by atoms with Gasteiger partial charge < -0.3 is 14.6 Å². The van der Waals surface area contributed by atoms with E-state index in [1.54, 1.807) is 26.4 Å². The van der Waals surface area contributed by atoms with Crippen molar-refractivity contribution in [1.29, 1.82) is 0 Å². The number of methoxy groups -OCH3 is 2. The highest BCUT2D eigenvalue weighted by molar-refractivity contribution is 7.72. The molecule has 0 saturated carbocycles. The van der Waals surface area contributed by atoms with Crippen LogP contribution in [-0.2, 0) is 6.18 Å². The van der Waals surface area contributed by atoms with E-state index in [1.807, 2.05) is 38.1 Å². The van der Waals surface area contributed by atoms with Crippen molar-refractivity contribution in [3.05, 3.63) is 82.4 Å².